The monoisotopic (exact) mass is 402 g/mol. The van der Waals surface area contributed by atoms with Crippen molar-refractivity contribution in [3.05, 3.63) is 84.0 Å². The van der Waals surface area contributed by atoms with Gasteiger partial charge in [-0.15, -0.1) is 0 Å². The topological polar surface area (TPSA) is 82.2 Å². The number of carbonyl (C=O) groups excluding carboxylic acids is 1. The van der Waals surface area contributed by atoms with Crippen LogP contribution in [-0.2, 0) is 17.8 Å². The van der Waals surface area contributed by atoms with Gasteiger partial charge >= 0.3 is 0 Å². The number of nitrogens with zero attached hydrogens (tertiary/aromatic N) is 3. The van der Waals surface area contributed by atoms with E-state index in [-0.39, 0.29) is 12.3 Å². The maximum atomic E-state index is 12.4. The first-order chi connectivity index (χ1) is 14.6. The molecule has 1 N–H and O–H groups in total. The number of carbonyl (C=O) groups is 1. The fourth-order valence-corrected chi connectivity index (χ4v) is 3.03. The highest BCUT2D eigenvalue weighted by atomic mass is 16.5. The molecule has 2 aromatic carbocycles. The summed E-state index contributed by atoms with van der Waals surface area (Å²) in [4.78, 5) is 16.9. The van der Waals surface area contributed by atoms with E-state index in [1.807, 2.05) is 73.8 Å². The molecule has 0 aliphatic heterocycles. The number of hydrogen-bond donors (Lipinski definition) is 1. The molecule has 0 aliphatic rings. The van der Waals surface area contributed by atoms with Crippen LogP contribution in [0.2, 0.25) is 0 Å². The minimum atomic E-state index is -0.134. The molecule has 7 nitrogen and oxygen atoms in total. The quantitative estimate of drug-likeness (QED) is 0.510. The summed E-state index contributed by atoms with van der Waals surface area (Å²) in [5.41, 5.74) is 3.20. The maximum absolute atomic E-state index is 12.4. The third-order valence-electron chi connectivity index (χ3n) is 4.69. The first-order valence-corrected chi connectivity index (χ1v) is 9.60. The number of methoxy groups -OCH3 is 1. The Labute approximate surface area is 174 Å². The molecule has 7 heteroatoms. The van der Waals surface area contributed by atoms with Crippen molar-refractivity contribution in [1.29, 1.82) is 0 Å². The molecule has 0 atom stereocenters. The van der Waals surface area contributed by atoms with E-state index in [1.165, 1.54) is 0 Å². The smallest absolute Gasteiger partial charge is 0.226 e. The van der Waals surface area contributed by atoms with Gasteiger partial charge in [-0.2, -0.15) is 5.10 Å². The van der Waals surface area contributed by atoms with Gasteiger partial charge in [0, 0.05) is 11.8 Å². The largest absolute Gasteiger partial charge is 0.497 e. The lowest BCUT2D eigenvalue weighted by molar-refractivity contribution is -0.120. The van der Waals surface area contributed by atoms with Crippen molar-refractivity contribution in [2.75, 3.05) is 7.11 Å². The highest BCUT2D eigenvalue weighted by Crippen LogP contribution is 2.21. The SMILES string of the molecule is COc1ccc(-n2ccc(CNC(=O)Cc3nc(-c4ccccc4)oc3C)n2)cc1. The fourth-order valence-electron chi connectivity index (χ4n) is 3.03. The molecule has 0 bridgehead atoms. The van der Waals surface area contributed by atoms with Gasteiger partial charge in [-0.05, 0) is 49.4 Å². The molecule has 0 radical (unpaired) electrons. The lowest BCUT2D eigenvalue weighted by Crippen LogP contribution is -2.25. The number of rotatable bonds is 7. The van der Waals surface area contributed by atoms with Gasteiger partial charge < -0.3 is 14.5 Å². The number of aromatic nitrogens is 3. The van der Waals surface area contributed by atoms with Crippen molar-refractivity contribution < 1.29 is 13.9 Å². The van der Waals surface area contributed by atoms with E-state index < -0.39 is 0 Å². The molecule has 0 saturated heterocycles. The molecule has 0 saturated carbocycles. The molecular formula is C23H22N4O3. The van der Waals surface area contributed by atoms with Gasteiger partial charge in [-0.3, -0.25) is 4.79 Å². The molecule has 2 aromatic heterocycles. The van der Waals surface area contributed by atoms with E-state index in [0.29, 0.717) is 23.9 Å². The van der Waals surface area contributed by atoms with E-state index in [0.717, 1.165) is 22.7 Å². The van der Waals surface area contributed by atoms with E-state index in [1.54, 1.807) is 11.8 Å². The molecular weight excluding hydrogens is 380 g/mol. The predicted molar refractivity (Wildman–Crippen MR) is 112 cm³/mol. The Morgan fingerprint density at radius 2 is 1.87 bits per heavy atom. The fraction of sp³-hybridized carbons (Fsp3) is 0.174. The summed E-state index contributed by atoms with van der Waals surface area (Å²) in [5, 5.41) is 7.39. The molecule has 2 heterocycles. The summed E-state index contributed by atoms with van der Waals surface area (Å²) in [6.07, 6.45) is 2.01. The average Bonchev–Trinajstić information content (AvgIpc) is 3.40. The standard InChI is InChI=1S/C23H22N4O3/c1-16-21(25-23(30-16)17-6-4-3-5-7-17)14-22(28)24-15-18-12-13-27(26-18)19-8-10-20(29-2)11-9-19/h3-13H,14-15H2,1-2H3,(H,24,28). The zero-order chi connectivity index (χ0) is 20.9. The number of nitrogens with one attached hydrogen (secondary N) is 1. The molecule has 152 valence electrons. The minimum Gasteiger partial charge on any atom is -0.497 e. The Hall–Kier alpha value is -3.87. The molecule has 1 amide bonds. The van der Waals surface area contributed by atoms with Crippen LogP contribution in [-0.4, -0.2) is 27.8 Å². The highest BCUT2D eigenvalue weighted by molar-refractivity contribution is 5.78. The molecule has 0 spiro atoms. The van der Waals surface area contributed by atoms with Gasteiger partial charge in [0.2, 0.25) is 11.8 Å². The van der Waals surface area contributed by atoms with Gasteiger partial charge in [0.25, 0.3) is 0 Å². The van der Waals surface area contributed by atoms with Crippen LogP contribution in [0, 0.1) is 6.92 Å². The first-order valence-electron chi connectivity index (χ1n) is 9.60. The number of amides is 1. The van der Waals surface area contributed by atoms with Crippen molar-refractivity contribution in [2.45, 2.75) is 19.9 Å². The van der Waals surface area contributed by atoms with Gasteiger partial charge in [0.05, 0.1) is 37.2 Å². The highest BCUT2D eigenvalue weighted by Gasteiger charge is 2.15. The summed E-state index contributed by atoms with van der Waals surface area (Å²) in [6, 6.07) is 19.1. The number of aryl methyl sites for hydroxylation is 1. The van der Waals surface area contributed by atoms with Crippen molar-refractivity contribution in [3.8, 4) is 22.9 Å². The average molecular weight is 402 g/mol. The number of ether oxygens (including phenoxy) is 1. The van der Waals surface area contributed by atoms with E-state index >= 15 is 0 Å². The number of oxazole rings is 1. The number of hydrogen-bond acceptors (Lipinski definition) is 5. The van der Waals surface area contributed by atoms with Crippen LogP contribution in [0.4, 0.5) is 0 Å². The summed E-state index contributed by atoms with van der Waals surface area (Å²) >= 11 is 0. The Morgan fingerprint density at radius 3 is 2.60 bits per heavy atom. The van der Waals surface area contributed by atoms with Crippen LogP contribution < -0.4 is 10.1 Å². The maximum Gasteiger partial charge on any atom is 0.226 e. The Bertz CT molecular complexity index is 1130. The molecule has 30 heavy (non-hydrogen) atoms. The van der Waals surface area contributed by atoms with Crippen LogP contribution in [0.15, 0.2) is 71.3 Å². The predicted octanol–water partition coefficient (Wildman–Crippen LogP) is 3.70. The summed E-state index contributed by atoms with van der Waals surface area (Å²) in [7, 11) is 1.63. The third-order valence-corrected chi connectivity index (χ3v) is 4.69. The Balaban J connectivity index is 1.35. The van der Waals surface area contributed by atoms with Crippen molar-refractivity contribution >= 4 is 5.91 Å². The van der Waals surface area contributed by atoms with Crippen LogP contribution in [0.25, 0.3) is 17.1 Å². The van der Waals surface area contributed by atoms with Crippen LogP contribution in [0.1, 0.15) is 17.1 Å². The van der Waals surface area contributed by atoms with E-state index in [4.69, 9.17) is 9.15 Å². The summed E-state index contributed by atoms with van der Waals surface area (Å²) in [6.45, 7) is 2.16. The lowest BCUT2D eigenvalue weighted by atomic mass is 10.2. The number of benzene rings is 2. The normalized spacial score (nSPS) is 10.7. The lowest BCUT2D eigenvalue weighted by Gasteiger charge is -2.04. The van der Waals surface area contributed by atoms with Crippen LogP contribution in [0.3, 0.4) is 0 Å². The second-order valence-corrected chi connectivity index (χ2v) is 6.79. The minimum absolute atomic E-state index is 0.134. The van der Waals surface area contributed by atoms with Crippen LogP contribution in [0.5, 0.6) is 5.75 Å². The first kappa shape index (κ1) is 19.4. The van der Waals surface area contributed by atoms with Gasteiger partial charge in [-0.1, -0.05) is 18.2 Å². The molecule has 0 aliphatic carbocycles. The van der Waals surface area contributed by atoms with Crippen LogP contribution >= 0.6 is 0 Å². The molecule has 0 unspecified atom stereocenters. The molecule has 4 rings (SSSR count). The second-order valence-electron chi connectivity index (χ2n) is 6.79. The van der Waals surface area contributed by atoms with Crippen molar-refractivity contribution in [3.63, 3.8) is 0 Å². The van der Waals surface area contributed by atoms with E-state index in [9.17, 15) is 4.79 Å². The zero-order valence-corrected chi connectivity index (χ0v) is 16.8. The van der Waals surface area contributed by atoms with Gasteiger partial charge in [0.1, 0.15) is 11.5 Å². The van der Waals surface area contributed by atoms with Crippen molar-refractivity contribution in [2.24, 2.45) is 0 Å². The zero-order valence-electron chi connectivity index (χ0n) is 16.8. The Morgan fingerprint density at radius 1 is 1.10 bits per heavy atom. The van der Waals surface area contributed by atoms with Gasteiger partial charge in [-0.25, -0.2) is 9.67 Å². The summed E-state index contributed by atoms with van der Waals surface area (Å²) < 4.78 is 12.6. The molecule has 4 aromatic rings. The second kappa shape index (κ2) is 8.65. The molecule has 0 fully saturated rings. The van der Waals surface area contributed by atoms with Gasteiger partial charge in [0.15, 0.2) is 0 Å². The third kappa shape index (κ3) is 4.41. The Kier molecular flexibility index (Phi) is 5.61. The van der Waals surface area contributed by atoms with E-state index in [2.05, 4.69) is 15.4 Å². The summed E-state index contributed by atoms with van der Waals surface area (Å²) in [5.74, 6) is 1.82. The van der Waals surface area contributed by atoms with Crippen molar-refractivity contribution in [1.82, 2.24) is 20.1 Å².